The lowest BCUT2D eigenvalue weighted by Gasteiger charge is -2.17. The van der Waals surface area contributed by atoms with E-state index in [1.54, 1.807) is 11.3 Å². The first-order chi connectivity index (χ1) is 13.3. The number of aromatic nitrogens is 1. The fourth-order valence-corrected chi connectivity index (χ4v) is 4.37. The molecule has 0 saturated carbocycles. The van der Waals surface area contributed by atoms with E-state index in [-0.39, 0.29) is 18.5 Å². The second-order valence-corrected chi connectivity index (χ2v) is 7.82. The molecular formula is C22H21ClN2O2S. The highest BCUT2D eigenvalue weighted by atomic mass is 35.5. The number of rotatable bonds is 5. The number of fused-ring (bicyclic) bond motifs is 1. The van der Waals surface area contributed by atoms with Gasteiger partial charge < -0.3 is 9.26 Å². The van der Waals surface area contributed by atoms with Crippen molar-refractivity contribution < 1.29 is 9.26 Å². The summed E-state index contributed by atoms with van der Waals surface area (Å²) < 4.78 is 11.8. The largest absolute Gasteiger partial charge is 0.489 e. The molecule has 3 heterocycles. The maximum absolute atomic E-state index is 6.27. The Morgan fingerprint density at radius 2 is 2.00 bits per heavy atom. The Labute approximate surface area is 174 Å². The number of likely N-dealkylation sites (tertiary alicyclic amines) is 1. The van der Waals surface area contributed by atoms with Gasteiger partial charge in [-0.15, -0.1) is 23.7 Å². The third kappa shape index (κ3) is 3.92. The molecule has 28 heavy (non-hydrogen) atoms. The van der Waals surface area contributed by atoms with Crippen molar-refractivity contribution in [3.63, 3.8) is 0 Å². The molecule has 1 atom stereocenters. The normalized spacial score (nSPS) is 16.9. The first-order valence-electron chi connectivity index (χ1n) is 9.21. The van der Waals surface area contributed by atoms with Gasteiger partial charge >= 0.3 is 0 Å². The Morgan fingerprint density at radius 1 is 1.11 bits per heavy atom. The molecule has 4 aromatic rings. The van der Waals surface area contributed by atoms with Gasteiger partial charge in [0.05, 0.1) is 5.39 Å². The molecular weight excluding hydrogens is 392 g/mol. The number of hydrogen-bond donors (Lipinski definition) is 0. The van der Waals surface area contributed by atoms with E-state index >= 15 is 0 Å². The smallest absolute Gasteiger partial charge is 0.175 e. The molecule has 1 aliphatic heterocycles. The first kappa shape index (κ1) is 19.0. The lowest BCUT2D eigenvalue weighted by molar-refractivity contribution is 0.198. The van der Waals surface area contributed by atoms with E-state index in [0.717, 1.165) is 53.3 Å². The zero-order valence-electron chi connectivity index (χ0n) is 15.3. The molecule has 0 N–H and O–H groups in total. The molecule has 0 unspecified atom stereocenters. The van der Waals surface area contributed by atoms with Crippen LogP contribution in [0, 0.1) is 0 Å². The predicted molar refractivity (Wildman–Crippen MR) is 115 cm³/mol. The van der Waals surface area contributed by atoms with Crippen molar-refractivity contribution in [3.05, 3.63) is 71.6 Å². The van der Waals surface area contributed by atoms with Crippen LogP contribution in [0.15, 0.2) is 70.6 Å². The molecule has 0 bridgehead atoms. The minimum Gasteiger partial charge on any atom is -0.489 e. The Bertz CT molecular complexity index is 1050. The number of hydrogen-bond acceptors (Lipinski definition) is 5. The van der Waals surface area contributed by atoms with Gasteiger partial charge in [-0.3, -0.25) is 4.90 Å². The zero-order valence-corrected chi connectivity index (χ0v) is 16.9. The van der Waals surface area contributed by atoms with E-state index in [4.69, 9.17) is 9.26 Å². The van der Waals surface area contributed by atoms with Crippen molar-refractivity contribution in [1.29, 1.82) is 0 Å². The van der Waals surface area contributed by atoms with E-state index in [1.165, 1.54) is 5.56 Å². The van der Waals surface area contributed by atoms with Crippen LogP contribution in [0.4, 0.5) is 0 Å². The van der Waals surface area contributed by atoms with Gasteiger partial charge in [-0.2, -0.15) is 0 Å². The Morgan fingerprint density at radius 3 is 2.89 bits per heavy atom. The SMILES string of the molecule is Cl.c1ccc(CN2CC[C@H](Oc3cccc(-c4onc5sccc45)c3)C2)cc1. The molecule has 4 nitrogen and oxygen atoms in total. The van der Waals surface area contributed by atoms with Gasteiger partial charge in [0.1, 0.15) is 11.9 Å². The lowest BCUT2D eigenvalue weighted by atomic mass is 10.1. The molecule has 1 aliphatic rings. The quantitative estimate of drug-likeness (QED) is 0.425. The first-order valence-corrected chi connectivity index (χ1v) is 10.1. The second kappa shape index (κ2) is 8.35. The molecule has 1 saturated heterocycles. The number of nitrogens with zero attached hydrogens (tertiary/aromatic N) is 2. The molecule has 0 spiro atoms. The summed E-state index contributed by atoms with van der Waals surface area (Å²) in [6.45, 7) is 3.00. The maximum atomic E-state index is 6.27. The van der Waals surface area contributed by atoms with Crippen molar-refractivity contribution in [2.45, 2.75) is 19.1 Å². The summed E-state index contributed by atoms with van der Waals surface area (Å²) in [5, 5.41) is 7.23. The molecule has 0 aliphatic carbocycles. The summed E-state index contributed by atoms with van der Waals surface area (Å²) in [6.07, 6.45) is 1.27. The van der Waals surface area contributed by atoms with Crippen LogP contribution in [0.25, 0.3) is 21.5 Å². The third-order valence-corrected chi connectivity index (χ3v) is 5.78. The van der Waals surface area contributed by atoms with Gasteiger partial charge in [0.2, 0.25) is 0 Å². The predicted octanol–water partition coefficient (Wildman–Crippen LogP) is 5.63. The van der Waals surface area contributed by atoms with Crippen LogP contribution in [-0.4, -0.2) is 29.3 Å². The second-order valence-electron chi connectivity index (χ2n) is 6.93. The highest BCUT2D eigenvalue weighted by molar-refractivity contribution is 7.16. The Balaban J connectivity index is 0.00000192. The fraction of sp³-hybridized carbons (Fsp3) is 0.227. The maximum Gasteiger partial charge on any atom is 0.175 e. The fourth-order valence-electron chi connectivity index (χ4n) is 3.67. The van der Waals surface area contributed by atoms with Crippen LogP contribution in [0.3, 0.4) is 0 Å². The van der Waals surface area contributed by atoms with Crippen molar-refractivity contribution >= 4 is 34.0 Å². The zero-order chi connectivity index (χ0) is 18.1. The van der Waals surface area contributed by atoms with Crippen molar-refractivity contribution in [1.82, 2.24) is 10.1 Å². The molecule has 2 aromatic heterocycles. The Hall–Kier alpha value is -2.34. The summed E-state index contributed by atoms with van der Waals surface area (Å²) in [4.78, 5) is 3.39. The lowest BCUT2D eigenvalue weighted by Crippen LogP contribution is -2.24. The van der Waals surface area contributed by atoms with Crippen LogP contribution in [-0.2, 0) is 6.54 Å². The van der Waals surface area contributed by atoms with Gasteiger partial charge in [0.25, 0.3) is 0 Å². The highest BCUT2D eigenvalue weighted by Gasteiger charge is 2.24. The average Bonchev–Trinajstić information content (AvgIpc) is 3.40. The van der Waals surface area contributed by atoms with Crippen molar-refractivity contribution in [2.24, 2.45) is 0 Å². The third-order valence-electron chi connectivity index (χ3n) is 4.99. The van der Waals surface area contributed by atoms with Crippen LogP contribution < -0.4 is 4.74 Å². The number of thiophene rings is 1. The molecule has 0 amide bonds. The van der Waals surface area contributed by atoms with E-state index in [9.17, 15) is 0 Å². The number of ether oxygens (including phenoxy) is 1. The Kier molecular flexibility index (Phi) is 5.67. The summed E-state index contributed by atoms with van der Waals surface area (Å²) >= 11 is 1.59. The monoisotopic (exact) mass is 412 g/mol. The van der Waals surface area contributed by atoms with E-state index in [1.807, 2.05) is 23.6 Å². The summed E-state index contributed by atoms with van der Waals surface area (Å²) in [6, 6.07) is 20.8. The summed E-state index contributed by atoms with van der Waals surface area (Å²) in [5.74, 6) is 1.70. The molecule has 6 heteroatoms. The number of benzene rings is 2. The molecule has 144 valence electrons. The summed E-state index contributed by atoms with van der Waals surface area (Å²) in [7, 11) is 0. The van der Waals surface area contributed by atoms with E-state index < -0.39 is 0 Å². The molecule has 0 radical (unpaired) electrons. The minimum atomic E-state index is 0. The van der Waals surface area contributed by atoms with Gasteiger partial charge in [-0.05, 0) is 35.6 Å². The van der Waals surface area contributed by atoms with Gasteiger partial charge in [-0.1, -0.05) is 47.6 Å². The van der Waals surface area contributed by atoms with Gasteiger partial charge in [0.15, 0.2) is 10.6 Å². The van der Waals surface area contributed by atoms with Crippen LogP contribution >= 0.6 is 23.7 Å². The molecule has 1 fully saturated rings. The van der Waals surface area contributed by atoms with Crippen LogP contribution in [0.2, 0.25) is 0 Å². The molecule has 5 rings (SSSR count). The topological polar surface area (TPSA) is 38.5 Å². The minimum absolute atomic E-state index is 0. The van der Waals surface area contributed by atoms with E-state index in [0.29, 0.717) is 0 Å². The van der Waals surface area contributed by atoms with Gasteiger partial charge in [-0.25, -0.2) is 0 Å². The van der Waals surface area contributed by atoms with Crippen molar-refractivity contribution in [2.75, 3.05) is 13.1 Å². The number of halogens is 1. The van der Waals surface area contributed by atoms with Gasteiger partial charge in [0, 0.05) is 25.2 Å². The van der Waals surface area contributed by atoms with E-state index in [2.05, 4.69) is 52.5 Å². The molecule has 2 aromatic carbocycles. The van der Waals surface area contributed by atoms with Crippen LogP contribution in [0.1, 0.15) is 12.0 Å². The van der Waals surface area contributed by atoms with Crippen LogP contribution in [0.5, 0.6) is 5.75 Å². The van der Waals surface area contributed by atoms with Crippen molar-refractivity contribution in [3.8, 4) is 17.1 Å². The highest BCUT2D eigenvalue weighted by Crippen LogP contribution is 2.33. The average molecular weight is 413 g/mol. The standard InChI is InChI=1S/C22H20N2O2S.ClH/c1-2-5-16(6-3-1)14-24-11-9-19(15-24)25-18-8-4-7-17(13-18)21-20-10-12-27-22(20)23-26-21;/h1-8,10,12-13,19H,9,11,14-15H2;1H/t19-;/m0./s1. The summed E-state index contributed by atoms with van der Waals surface area (Å²) in [5.41, 5.74) is 2.36.